The predicted molar refractivity (Wildman–Crippen MR) is 81.0 cm³/mol. The van der Waals surface area contributed by atoms with E-state index in [0.29, 0.717) is 18.3 Å². The van der Waals surface area contributed by atoms with Crippen molar-refractivity contribution in [3.05, 3.63) is 29.6 Å². The standard InChI is InChI=1S/C16H26FNO3/c1-11(2)18-8-13-5-14(17)7-16(6-13)21-10-15(19)9-20-12(3)4/h5-7,11-12,15,18-19H,8-10H2,1-4H3. The molecule has 4 nitrogen and oxygen atoms in total. The molecule has 0 radical (unpaired) electrons. The summed E-state index contributed by atoms with van der Waals surface area (Å²) in [5.74, 6) is 0.0696. The Balaban J connectivity index is 2.50. The molecule has 0 saturated carbocycles. The summed E-state index contributed by atoms with van der Waals surface area (Å²) in [6.45, 7) is 8.71. The van der Waals surface area contributed by atoms with Gasteiger partial charge >= 0.3 is 0 Å². The number of hydrogen-bond donors (Lipinski definition) is 2. The van der Waals surface area contributed by atoms with Crippen LogP contribution in [0.25, 0.3) is 0 Å². The maximum absolute atomic E-state index is 13.5. The van der Waals surface area contributed by atoms with Gasteiger partial charge in [0, 0.05) is 18.7 Å². The highest BCUT2D eigenvalue weighted by Gasteiger charge is 2.08. The van der Waals surface area contributed by atoms with E-state index >= 15 is 0 Å². The molecule has 0 saturated heterocycles. The van der Waals surface area contributed by atoms with Crippen LogP contribution in [0.1, 0.15) is 33.3 Å². The lowest BCUT2D eigenvalue weighted by molar-refractivity contribution is -0.0123. The lowest BCUT2D eigenvalue weighted by Crippen LogP contribution is -2.25. The molecule has 0 aliphatic carbocycles. The van der Waals surface area contributed by atoms with Crippen LogP contribution in [0.5, 0.6) is 5.75 Å². The van der Waals surface area contributed by atoms with Crippen LogP contribution < -0.4 is 10.1 Å². The average molecular weight is 299 g/mol. The second-order valence-electron chi connectivity index (χ2n) is 5.68. The van der Waals surface area contributed by atoms with Crippen LogP contribution in [0.4, 0.5) is 4.39 Å². The van der Waals surface area contributed by atoms with E-state index in [-0.39, 0.29) is 25.1 Å². The van der Waals surface area contributed by atoms with E-state index in [1.165, 1.54) is 12.1 Å². The highest BCUT2D eigenvalue weighted by atomic mass is 19.1. The minimum atomic E-state index is -0.729. The zero-order valence-corrected chi connectivity index (χ0v) is 13.2. The Morgan fingerprint density at radius 2 is 1.86 bits per heavy atom. The molecule has 5 heteroatoms. The molecule has 0 heterocycles. The van der Waals surface area contributed by atoms with E-state index in [2.05, 4.69) is 5.32 Å². The van der Waals surface area contributed by atoms with Crippen molar-refractivity contribution in [2.75, 3.05) is 13.2 Å². The third kappa shape index (κ3) is 7.99. The number of aliphatic hydroxyl groups is 1. The molecule has 0 aliphatic heterocycles. The molecule has 1 atom stereocenters. The first-order valence-electron chi connectivity index (χ1n) is 7.32. The summed E-state index contributed by atoms with van der Waals surface area (Å²) in [4.78, 5) is 0. The second-order valence-corrected chi connectivity index (χ2v) is 5.68. The van der Waals surface area contributed by atoms with Crippen molar-refractivity contribution in [1.29, 1.82) is 0 Å². The predicted octanol–water partition coefficient (Wildman–Crippen LogP) is 2.49. The summed E-state index contributed by atoms with van der Waals surface area (Å²) < 4.78 is 24.3. The van der Waals surface area contributed by atoms with E-state index in [1.807, 2.05) is 27.7 Å². The van der Waals surface area contributed by atoms with Crippen LogP contribution in [-0.2, 0) is 11.3 Å². The van der Waals surface area contributed by atoms with E-state index in [1.54, 1.807) is 6.07 Å². The average Bonchev–Trinajstić information content (AvgIpc) is 2.40. The normalized spacial score (nSPS) is 13.0. The summed E-state index contributed by atoms with van der Waals surface area (Å²) >= 11 is 0. The van der Waals surface area contributed by atoms with Gasteiger partial charge in [-0.15, -0.1) is 0 Å². The first-order valence-corrected chi connectivity index (χ1v) is 7.32. The third-order valence-corrected chi connectivity index (χ3v) is 2.71. The number of benzene rings is 1. The molecule has 1 unspecified atom stereocenters. The first kappa shape index (κ1) is 17.9. The van der Waals surface area contributed by atoms with Gasteiger partial charge in [0.05, 0.1) is 12.7 Å². The van der Waals surface area contributed by atoms with E-state index in [0.717, 1.165) is 5.56 Å². The van der Waals surface area contributed by atoms with Crippen molar-refractivity contribution in [3.63, 3.8) is 0 Å². The van der Waals surface area contributed by atoms with Crippen LogP contribution in [0.15, 0.2) is 18.2 Å². The molecule has 1 aromatic carbocycles. The first-order chi connectivity index (χ1) is 9.86. The van der Waals surface area contributed by atoms with Crippen molar-refractivity contribution in [1.82, 2.24) is 5.32 Å². The molecule has 0 aliphatic rings. The molecular weight excluding hydrogens is 273 g/mol. The minimum absolute atomic E-state index is 0.0579. The molecule has 1 rings (SSSR count). The highest BCUT2D eigenvalue weighted by molar-refractivity contribution is 5.29. The van der Waals surface area contributed by atoms with Crippen molar-refractivity contribution in [2.45, 2.75) is 52.5 Å². The number of hydrogen-bond acceptors (Lipinski definition) is 4. The molecule has 0 spiro atoms. The van der Waals surface area contributed by atoms with Crippen LogP contribution >= 0.6 is 0 Å². The summed E-state index contributed by atoms with van der Waals surface area (Å²) in [5, 5.41) is 12.9. The highest BCUT2D eigenvalue weighted by Crippen LogP contribution is 2.17. The van der Waals surface area contributed by atoms with E-state index < -0.39 is 6.10 Å². The summed E-state index contributed by atoms with van der Waals surface area (Å²) in [6.07, 6.45) is -0.671. The van der Waals surface area contributed by atoms with Crippen molar-refractivity contribution >= 4 is 0 Å². The van der Waals surface area contributed by atoms with E-state index in [4.69, 9.17) is 9.47 Å². The van der Waals surface area contributed by atoms with Gasteiger partial charge in [-0.2, -0.15) is 0 Å². The SMILES string of the molecule is CC(C)NCc1cc(F)cc(OCC(O)COC(C)C)c1. The molecule has 120 valence electrons. The van der Waals surface area contributed by atoms with Gasteiger partial charge in [0.15, 0.2) is 0 Å². The van der Waals surface area contributed by atoms with Crippen LogP contribution in [0.2, 0.25) is 0 Å². The van der Waals surface area contributed by atoms with Gasteiger partial charge in [0.2, 0.25) is 0 Å². The van der Waals surface area contributed by atoms with E-state index in [9.17, 15) is 9.50 Å². The maximum Gasteiger partial charge on any atom is 0.127 e. The van der Waals surface area contributed by atoms with Gasteiger partial charge in [-0.25, -0.2) is 4.39 Å². The second kappa shape index (κ2) is 8.97. The van der Waals surface area contributed by atoms with Crippen LogP contribution in [0, 0.1) is 5.82 Å². The van der Waals surface area contributed by atoms with Gasteiger partial charge in [0.25, 0.3) is 0 Å². The number of halogens is 1. The smallest absolute Gasteiger partial charge is 0.127 e. The lowest BCUT2D eigenvalue weighted by atomic mass is 10.2. The van der Waals surface area contributed by atoms with Gasteiger partial charge < -0.3 is 19.9 Å². The molecule has 0 fully saturated rings. The Kier molecular flexibility index (Phi) is 7.64. The Bertz CT molecular complexity index is 424. The molecule has 0 aromatic heterocycles. The van der Waals surface area contributed by atoms with Gasteiger partial charge in [-0.05, 0) is 31.5 Å². The van der Waals surface area contributed by atoms with Gasteiger partial charge in [0.1, 0.15) is 24.3 Å². The molecule has 1 aromatic rings. The summed E-state index contributed by atoms with van der Waals surface area (Å²) in [7, 11) is 0. The Labute approximate surface area is 126 Å². The fourth-order valence-electron chi connectivity index (χ4n) is 1.67. The lowest BCUT2D eigenvalue weighted by Gasteiger charge is -2.15. The van der Waals surface area contributed by atoms with Crippen molar-refractivity contribution in [2.24, 2.45) is 0 Å². The summed E-state index contributed by atoms with van der Waals surface area (Å²) in [6, 6.07) is 4.89. The zero-order chi connectivity index (χ0) is 15.8. The van der Waals surface area contributed by atoms with Gasteiger partial charge in [-0.3, -0.25) is 0 Å². The monoisotopic (exact) mass is 299 g/mol. The maximum atomic E-state index is 13.5. The topological polar surface area (TPSA) is 50.7 Å². The number of rotatable bonds is 9. The van der Waals surface area contributed by atoms with Crippen LogP contribution in [-0.4, -0.2) is 36.6 Å². The zero-order valence-electron chi connectivity index (χ0n) is 13.2. The Morgan fingerprint density at radius 3 is 2.48 bits per heavy atom. The fraction of sp³-hybridized carbons (Fsp3) is 0.625. The number of aliphatic hydroxyl groups excluding tert-OH is 1. The fourth-order valence-corrected chi connectivity index (χ4v) is 1.67. The number of nitrogens with one attached hydrogen (secondary N) is 1. The van der Waals surface area contributed by atoms with Crippen molar-refractivity contribution in [3.8, 4) is 5.75 Å². The molecule has 21 heavy (non-hydrogen) atoms. The minimum Gasteiger partial charge on any atom is -0.491 e. The van der Waals surface area contributed by atoms with Crippen molar-refractivity contribution < 1.29 is 19.0 Å². The van der Waals surface area contributed by atoms with Crippen LogP contribution in [0.3, 0.4) is 0 Å². The third-order valence-electron chi connectivity index (χ3n) is 2.71. The Morgan fingerprint density at radius 1 is 1.14 bits per heavy atom. The number of ether oxygens (including phenoxy) is 2. The Hall–Kier alpha value is -1.17. The molecule has 2 N–H and O–H groups in total. The molecular formula is C16H26FNO3. The quantitative estimate of drug-likeness (QED) is 0.735. The molecule has 0 amide bonds. The largest absolute Gasteiger partial charge is 0.491 e. The summed E-state index contributed by atoms with van der Waals surface area (Å²) in [5.41, 5.74) is 0.812. The van der Waals surface area contributed by atoms with Gasteiger partial charge in [-0.1, -0.05) is 13.8 Å². The molecule has 0 bridgehead atoms.